The van der Waals surface area contributed by atoms with E-state index in [2.05, 4.69) is 15.4 Å². The van der Waals surface area contributed by atoms with Crippen LogP contribution in [0, 0.1) is 17.0 Å². The van der Waals surface area contributed by atoms with Gasteiger partial charge < -0.3 is 13.7 Å². The fourth-order valence-electron chi connectivity index (χ4n) is 2.72. The minimum Gasteiger partial charge on any atom is -0.477 e. The first-order valence-electron chi connectivity index (χ1n) is 8.44. The summed E-state index contributed by atoms with van der Waals surface area (Å²) < 4.78 is 16.5. The predicted octanol–water partition coefficient (Wildman–Crippen LogP) is 4.84. The van der Waals surface area contributed by atoms with Gasteiger partial charge in [-0.3, -0.25) is 10.1 Å². The maximum Gasteiger partial charge on any atom is 0.312 e. The van der Waals surface area contributed by atoms with Gasteiger partial charge in [0.1, 0.15) is 17.0 Å². The summed E-state index contributed by atoms with van der Waals surface area (Å²) in [5.41, 5.74) is 1.74. The number of ether oxygens (including phenoxy) is 1. The molecule has 0 radical (unpaired) electrons. The summed E-state index contributed by atoms with van der Waals surface area (Å²) in [4.78, 5) is 10.6. The Bertz CT molecular complexity index is 1170. The Balaban J connectivity index is 1.58. The second-order valence-corrected chi connectivity index (χ2v) is 6.42. The number of nitrogens with zero attached hydrogens (tertiary/aromatic N) is 4. The number of nitro groups is 1. The number of rotatable bonds is 6. The van der Waals surface area contributed by atoms with Crippen LogP contribution in [-0.2, 0) is 6.61 Å². The van der Waals surface area contributed by atoms with Crippen LogP contribution in [0.15, 0.2) is 57.5 Å². The Labute approximate surface area is 169 Å². The Hall–Kier alpha value is -3.72. The van der Waals surface area contributed by atoms with Crippen LogP contribution >= 0.6 is 11.6 Å². The van der Waals surface area contributed by atoms with E-state index in [9.17, 15) is 10.1 Å². The van der Waals surface area contributed by atoms with Crippen molar-refractivity contribution in [3.8, 4) is 28.5 Å². The van der Waals surface area contributed by atoms with Crippen LogP contribution in [0.25, 0.3) is 22.7 Å². The van der Waals surface area contributed by atoms with Crippen molar-refractivity contribution in [1.82, 2.24) is 15.4 Å². The molecule has 0 saturated carbocycles. The van der Waals surface area contributed by atoms with Crippen molar-refractivity contribution in [3.63, 3.8) is 0 Å². The molecule has 146 valence electrons. The zero-order valence-corrected chi connectivity index (χ0v) is 15.8. The van der Waals surface area contributed by atoms with Crippen molar-refractivity contribution in [2.75, 3.05) is 0 Å². The third-order valence-electron chi connectivity index (χ3n) is 4.06. The molecule has 0 unspecified atom stereocenters. The highest BCUT2D eigenvalue weighted by atomic mass is 35.5. The van der Waals surface area contributed by atoms with Crippen molar-refractivity contribution in [3.05, 3.63) is 75.3 Å². The highest BCUT2D eigenvalue weighted by Gasteiger charge is 2.22. The van der Waals surface area contributed by atoms with E-state index in [-0.39, 0.29) is 34.8 Å². The van der Waals surface area contributed by atoms with Crippen molar-refractivity contribution >= 4 is 17.3 Å². The van der Waals surface area contributed by atoms with Crippen molar-refractivity contribution < 1.29 is 18.6 Å². The zero-order valence-electron chi connectivity index (χ0n) is 15.0. The Morgan fingerprint density at radius 2 is 1.97 bits per heavy atom. The van der Waals surface area contributed by atoms with Crippen LogP contribution in [0.4, 0.5) is 5.69 Å². The summed E-state index contributed by atoms with van der Waals surface area (Å²) in [6.45, 7) is 1.59. The van der Waals surface area contributed by atoms with Gasteiger partial charge >= 0.3 is 5.69 Å². The molecule has 0 fully saturated rings. The van der Waals surface area contributed by atoms with Gasteiger partial charge in [0.25, 0.3) is 11.8 Å². The molecule has 10 heteroatoms. The second kappa shape index (κ2) is 7.72. The molecule has 0 bridgehead atoms. The summed E-state index contributed by atoms with van der Waals surface area (Å²) in [6.07, 6.45) is 0. The molecule has 0 aliphatic heterocycles. The molecular formula is C19H13ClN4O5. The molecule has 0 amide bonds. The average molecular weight is 413 g/mol. The number of aryl methyl sites for hydroxylation is 1. The van der Waals surface area contributed by atoms with Crippen molar-refractivity contribution in [2.45, 2.75) is 13.5 Å². The predicted molar refractivity (Wildman–Crippen MR) is 102 cm³/mol. The first-order chi connectivity index (χ1) is 14.0. The summed E-state index contributed by atoms with van der Waals surface area (Å²) >= 11 is 5.80. The first-order valence-corrected chi connectivity index (χ1v) is 8.82. The van der Waals surface area contributed by atoms with Gasteiger partial charge in [-0.05, 0) is 19.1 Å². The minimum absolute atomic E-state index is 0.0466. The van der Waals surface area contributed by atoms with E-state index in [1.54, 1.807) is 6.92 Å². The van der Waals surface area contributed by atoms with Crippen LogP contribution in [0.3, 0.4) is 0 Å². The summed E-state index contributed by atoms with van der Waals surface area (Å²) in [5, 5.41) is 23.5. The first kappa shape index (κ1) is 18.6. The largest absolute Gasteiger partial charge is 0.477 e. The molecule has 0 aliphatic carbocycles. The molecule has 29 heavy (non-hydrogen) atoms. The molecule has 0 N–H and O–H groups in total. The number of nitro benzene ring substituents is 1. The van der Waals surface area contributed by atoms with Gasteiger partial charge in [0.05, 0.1) is 4.92 Å². The lowest BCUT2D eigenvalue weighted by molar-refractivity contribution is -0.385. The van der Waals surface area contributed by atoms with Crippen LogP contribution in [-0.4, -0.2) is 20.3 Å². The fourth-order valence-corrected chi connectivity index (χ4v) is 2.89. The monoisotopic (exact) mass is 412 g/mol. The molecule has 4 aromatic rings. The topological polar surface area (TPSA) is 117 Å². The van der Waals surface area contributed by atoms with E-state index in [0.29, 0.717) is 17.0 Å². The summed E-state index contributed by atoms with van der Waals surface area (Å²) in [6, 6.07) is 13.6. The fraction of sp³-hybridized carbons (Fsp3) is 0.105. The van der Waals surface area contributed by atoms with Gasteiger partial charge in [0, 0.05) is 16.7 Å². The number of hydrogen-bond donors (Lipinski definition) is 0. The van der Waals surface area contributed by atoms with E-state index in [0.717, 1.165) is 5.56 Å². The molecule has 9 nitrogen and oxygen atoms in total. The number of aromatic nitrogens is 3. The SMILES string of the molecule is Cc1onc(-c2ccccc2)c1-c1nnc(COc2ccc(Cl)cc2[N+](=O)[O-])o1. The molecule has 0 saturated heterocycles. The van der Waals surface area contributed by atoms with E-state index >= 15 is 0 Å². The van der Waals surface area contributed by atoms with E-state index < -0.39 is 4.92 Å². The molecule has 4 rings (SSSR count). The second-order valence-electron chi connectivity index (χ2n) is 5.99. The van der Waals surface area contributed by atoms with Crippen molar-refractivity contribution in [1.29, 1.82) is 0 Å². The Kier molecular flexibility index (Phi) is 4.96. The van der Waals surface area contributed by atoms with Crippen LogP contribution in [0.2, 0.25) is 5.02 Å². The molecule has 2 aromatic heterocycles. The zero-order chi connectivity index (χ0) is 20.4. The van der Waals surface area contributed by atoms with Gasteiger partial charge in [0.15, 0.2) is 12.4 Å². The number of hydrogen-bond acceptors (Lipinski definition) is 8. The summed E-state index contributed by atoms with van der Waals surface area (Å²) in [7, 11) is 0. The molecule has 0 atom stereocenters. The third-order valence-corrected chi connectivity index (χ3v) is 4.29. The third kappa shape index (κ3) is 3.81. The van der Waals surface area contributed by atoms with E-state index in [1.807, 2.05) is 30.3 Å². The van der Waals surface area contributed by atoms with Gasteiger partial charge in [-0.15, -0.1) is 10.2 Å². The van der Waals surface area contributed by atoms with Crippen LogP contribution in [0.5, 0.6) is 5.75 Å². The van der Waals surface area contributed by atoms with Gasteiger partial charge in [0.2, 0.25) is 0 Å². The van der Waals surface area contributed by atoms with E-state index in [4.69, 9.17) is 25.3 Å². The van der Waals surface area contributed by atoms with Crippen LogP contribution in [0.1, 0.15) is 11.7 Å². The molecule has 2 aromatic carbocycles. The smallest absolute Gasteiger partial charge is 0.312 e. The normalized spacial score (nSPS) is 10.8. The van der Waals surface area contributed by atoms with Gasteiger partial charge in [-0.1, -0.05) is 47.1 Å². The average Bonchev–Trinajstić information content (AvgIpc) is 3.33. The Morgan fingerprint density at radius 3 is 2.72 bits per heavy atom. The maximum atomic E-state index is 11.2. The highest BCUT2D eigenvalue weighted by Crippen LogP contribution is 2.34. The number of halogens is 1. The molecule has 0 aliphatic rings. The quantitative estimate of drug-likeness (QED) is 0.326. The van der Waals surface area contributed by atoms with Crippen molar-refractivity contribution in [2.24, 2.45) is 0 Å². The van der Waals surface area contributed by atoms with Gasteiger partial charge in [-0.2, -0.15) is 0 Å². The number of benzene rings is 2. The molecule has 2 heterocycles. The van der Waals surface area contributed by atoms with Gasteiger partial charge in [-0.25, -0.2) is 0 Å². The Morgan fingerprint density at radius 1 is 1.17 bits per heavy atom. The maximum absolute atomic E-state index is 11.2. The standard InChI is InChI=1S/C19H13ClN4O5/c1-11-17(18(23-29-11)12-5-3-2-4-6-12)19-22-21-16(28-19)10-27-15-8-7-13(20)9-14(15)24(25)26/h2-9H,10H2,1H3. The lowest BCUT2D eigenvalue weighted by Crippen LogP contribution is -1.99. The van der Waals surface area contributed by atoms with E-state index in [1.165, 1.54) is 18.2 Å². The minimum atomic E-state index is -0.576. The molecule has 0 spiro atoms. The lowest BCUT2D eigenvalue weighted by Gasteiger charge is -2.04. The lowest BCUT2D eigenvalue weighted by atomic mass is 10.1. The molecular weight excluding hydrogens is 400 g/mol. The van der Waals surface area contributed by atoms with Crippen LogP contribution < -0.4 is 4.74 Å². The summed E-state index contributed by atoms with van der Waals surface area (Å²) in [5.74, 6) is 0.925. The highest BCUT2D eigenvalue weighted by molar-refractivity contribution is 6.30.